The molecule has 0 radical (unpaired) electrons. The normalized spacial score (nSPS) is 13.6. The predicted octanol–water partition coefficient (Wildman–Crippen LogP) is 3.97. The molecule has 0 aromatic carbocycles. The SMILES string of the molecule is C=Cc1cnc(C)c(N(N=C)[C@H](F)C(CC)CCC)n1. The van der Waals surface area contributed by atoms with Gasteiger partial charge in [0.2, 0.25) is 0 Å². The summed E-state index contributed by atoms with van der Waals surface area (Å²) in [5, 5.41) is 5.05. The maximum absolute atomic E-state index is 14.7. The van der Waals surface area contributed by atoms with Crippen LogP contribution in [0.25, 0.3) is 6.08 Å². The van der Waals surface area contributed by atoms with Gasteiger partial charge in [-0.15, -0.1) is 0 Å². The zero-order valence-electron chi connectivity index (χ0n) is 12.5. The van der Waals surface area contributed by atoms with Crippen molar-refractivity contribution in [2.45, 2.75) is 46.3 Å². The molecule has 0 N–H and O–H groups in total. The zero-order chi connectivity index (χ0) is 15.1. The number of anilines is 1. The molecule has 20 heavy (non-hydrogen) atoms. The Kier molecular flexibility index (Phi) is 6.28. The molecule has 1 unspecified atom stereocenters. The highest BCUT2D eigenvalue weighted by molar-refractivity contribution is 5.50. The maximum Gasteiger partial charge on any atom is 0.196 e. The Bertz CT molecular complexity index is 461. The molecule has 2 atom stereocenters. The van der Waals surface area contributed by atoms with Gasteiger partial charge in [0.15, 0.2) is 12.1 Å². The maximum atomic E-state index is 14.7. The number of aromatic nitrogens is 2. The smallest absolute Gasteiger partial charge is 0.196 e. The number of nitrogens with zero attached hydrogens (tertiary/aromatic N) is 4. The molecule has 1 rings (SSSR count). The molecule has 110 valence electrons. The molecule has 0 amide bonds. The number of rotatable bonds is 8. The van der Waals surface area contributed by atoms with Crippen LogP contribution in [-0.2, 0) is 0 Å². The van der Waals surface area contributed by atoms with Crippen molar-refractivity contribution >= 4 is 18.6 Å². The van der Waals surface area contributed by atoms with E-state index in [9.17, 15) is 4.39 Å². The van der Waals surface area contributed by atoms with Crippen LogP contribution in [0, 0.1) is 12.8 Å². The quantitative estimate of drug-likeness (QED) is 0.410. The Balaban J connectivity index is 3.11. The lowest BCUT2D eigenvalue weighted by Crippen LogP contribution is -2.34. The Morgan fingerprint density at radius 1 is 1.50 bits per heavy atom. The van der Waals surface area contributed by atoms with E-state index in [0.717, 1.165) is 19.3 Å². The van der Waals surface area contributed by atoms with Crippen molar-refractivity contribution in [2.24, 2.45) is 11.0 Å². The fourth-order valence-corrected chi connectivity index (χ4v) is 2.14. The lowest BCUT2D eigenvalue weighted by Gasteiger charge is -2.28. The highest BCUT2D eigenvalue weighted by Crippen LogP contribution is 2.27. The van der Waals surface area contributed by atoms with E-state index >= 15 is 0 Å². The average Bonchev–Trinajstić information content (AvgIpc) is 2.47. The van der Waals surface area contributed by atoms with Gasteiger partial charge in [-0.3, -0.25) is 4.98 Å². The van der Waals surface area contributed by atoms with Gasteiger partial charge in [-0.2, -0.15) is 5.10 Å². The van der Waals surface area contributed by atoms with Crippen molar-refractivity contribution in [1.29, 1.82) is 0 Å². The predicted molar refractivity (Wildman–Crippen MR) is 82.5 cm³/mol. The Hall–Kier alpha value is -1.78. The molecular weight excluding hydrogens is 255 g/mol. The molecule has 0 aliphatic rings. The first kappa shape index (κ1) is 16.3. The second-order valence-corrected chi connectivity index (χ2v) is 4.72. The summed E-state index contributed by atoms with van der Waals surface area (Å²) < 4.78 is 14.7. The molecule has 4 nitrogen and oxygen atoms in total. The number of aryl methyl sites for hydroxylation is 1. The van der Waals surface area contributed by atoms with Gasteiger partial charge >= 0.3 is 0 Å². The Labute approximate surface area is 120 Å². The molecule has 0 aliphatic heterocycles. The van der Waals surface area contributed by atoms with Gasteiger partial charge in [-0.1, -0.05) is 26.8 Å². The van der Waals surface area contributed by atoms with E-state index in [-0.39, 0.29) is 5.92 Å². The highest BCUT2D eigenvalue weighted by atomic mass is 19.1. The van der Waals surface area contributed by atoms with Crippen LogP contribution in [0.2, 0.25) is 0 Å². The fraction of sp³-hybridized carbons (Fsp3) is 0.533. The fourth-order valence-electron chi connectivity index (χ4n) is 2.14. The second kappa shape index (κ2) is 7.72. The standard InChI is InChI=1S/C15H23FN4/c1-6-9-12(7-2)14(16)20(17-5)15-11(4)18-10-13(8-3)19-15/h8,10,12,14H,3,5-7,9H2,1-2,4H3/t12?,14-/m0/s1. The van der Waals surface area contributed by atoms with Crippen LogP contribution in [0.4, 0.5) is 10.2 Å². The van der Waals surface area contributed by atoms with Crippen LogP contribution in [-0.4, -0.2) is 23.0 Å². The minimum atomic E-state index is -1.24. The van der Waals surface area contributed by atoms with Gasteiger partial charge < -0.3 is 0 Å². The van der Waals surface area contributed by atoms with Gasteiger partial charge in [0, 0.05) is 12.6 Å². The highest BCUT2D eigenvalue weighted by Gasteiger charge is 2.28. The minimum Gasteiger partial charge on any atom is -0.255 e. The molecule has 0 aliphatic carbocycles. The van der Waals surface area contributed by atoms with Gasteiger partial charge in [0.25, 0.3) is 0 Å². The summed E-state index contributed by atoms with van der Waals surface area (Å²) in [6.07, 6.45) is 4.41. The first-order chi connectivity index (χ1) is 9.58. The second-order valence-electron chi connectivity index (χ2n) is 4.72. The lowest BCUT2D eigenvalue weighted by molar-refractivity contribution is 0.202. The first-order valence-corrected chi connectivity index (χ1v) is 6.94. The van der Waals surface area contributed by atoms with Gasteiger partial charge in [-0.05, 0) is 25.8 Å². The third-order valence-electron chi connectivity index (χ3n) is 3.33. The molecule has 0 fully saturated rings. The minimum absolute atomic E-state index is 0.0981. The van der Waals surface area contributed by atoms with Gasteiger partial charge in [0.1, 0.15) is 0 Å². The van der Waals surface area contributed by atoms with E-state index < -0.39 is 6.30 Å². The third-order valence-corrected chi connectivity index (χ3v) is 3.33. The largest absolute Gasteiger partial charge is 0.255 e. The Morgan fingerprint density at radius 2 is 2.20 bits per heavy atom. The van der Waals surface area contributed by atoms with Crippen LogP contribution in [0.3, 0.4) is 0 Å². The molecular formula is C15H23FN4. The number of alkyl halides is 1. The number of hydrazone groups is 1. The molecule has 0 saturated carbocycles. The van der Waals surface area contributed by atoms with Crippen molar-refractivity contribution in [3.05, 3.63) is 24.2 Å². The molecule has 1 aromatic rings. The molecule has 0 spiro atoms. The van der Waals surface area contributed by atoms with Crippen LogP contribution in [0.15, 0.2) is 17.9 Å². The number of hydrogen-bond donors (Lipinski definition) is 0. The van der Waals surface area contributed by atoms with E-state index in [0.29, 0.717) is 17.2 Å². The van der Waals surface area contributed by atoms with E-state index in [4.69, 9.17) is 0 Å². The topological polar surface area (TPSA) is 41.4 Å². The monoisotopic (exact) mass is 278 g/mol. The van der Waals surface area contributed by atoms with Crippen molar-refractivity contribution in [3.8, 4) is 0 Å². The molecule has 1 heterocycles. The van der Waals surface area contributed by atoms with Crippen molar-refractivity contribution in [1.82, 2.24) is 9.97 Å². The zero-order valence-corrected chi connectivity index (χ0v) is 12.5. The first-order valence-electron chi connectivity index (χ1n) is 6.94. The van der Waals surface area contributed by atoms with Crippen LogP contribution >= 0.6 is 0 Å². The van der Waals surface area contributed by atoms with Crippen LogP contribution < -0.4 is 5.01 Å². The van der Waals surface area contributed by atoms with Gasteiger partial charge in [0.05, 0.1) is 17.6 Å². The average molecular weight is 278 g/mol. The number of hydrogen-bond acceptors (Lipinski definition) is 4. The Morgan fingerprint density at radius 3 is 2.70 bits per heavy atom. The summed E-state index contributed by atoms with van der Waals surface area (Å²) in [7, 11) is 0. The molecule has 0 saturated heterocycles. The number of halogens is 1. The van der Waals surface area contributed by atoms with E-state index in [1.807, 2.05) is 13.8 Å². The van der Waals surface area contributed by atoms with Crippen molar-refractivity contribution in [3.63, 3.8) is 0 Å². The van der Waals surface area contributed by atoms with Crippen molar-refractivity contribution in [2.75, 3.05) is 5.01 Å². The summed E-state index contributed by atoms with van der Waals surface area (Å²) in [5.41, 5.74) is 1.21. The summed E-state index contributed by atoms with van der Waals surface area (Å²) >= 11 is 0. The van der Waals surface area contributed by atoms with Crippen LogP contribution in [0.1, 0.15) is 44.5 Å². The summed E-state index contributed by atoms with van der Waals surface area (Å²) in [4.78, 5) is 8.53. The van der Waals surface area contributed by atoms with E-state index in [1.54, 1.807) is 19.2 Å². The van der Waals surface area contributed by atoms with E-state index in [1.165, 1.54) is 5.01 Å². The summed E-state index contributed by atoms with van der Waals surface area (Å²) in [6, 6.07) is 0. The van der Waals surface area contributed by atoms with Crippen LogP contribution in [0.5, 0.6) is 0 Å². The third kappa shape index (κ3) is 3.62. The van der Waals surface area contributed by atoms with Gasteiger partial charge in [-0.25, -0.2) is 14.4 Å². The molecule has 1 aromatic heterocycles. The van der Waals surface area contributed by atoms with E-state index in [2.05, 4.69) is 28.4 Å². The lowest BCUT2D eigenvalue weighted by atomic mass is 9.99. The summed E-state index contributed by atoms with van der Waals surface area (Å²) in [5.74, 6) is 0.304. The van der Waals surface area contributed by atoms with Crippen molar-refractivity contribution < 1.29 is 4.39 Å². The summed E-state index contributed by atoms with van der Waals surface area (Å²) in [6.45, 7) is 12.9. The molecule has 0 bridgehead atoms. The molecule has 5 heteroatoms.